The van der Waals surface area contributed by atoms with E-state index < -0.39 is 0 Å². The minimum absolute atomic E-state index is 0.333. The molecule has 0 saturated carbocycles. The quantitative estimate of drug-likeness (QED) is 0.863. The monoisotopic (exact) mass is 259 g/mol. The Balaban J connectivity index is 2.00. The standard InChI is InChI=1S/C14H21N5/c1-10(2)13-12(15)14(19(3)18-13)17-8-6-11-5-4-7-16-9-11/h4-5,7,9-10,17H,6,8,15H2,1-3H3. The zero-order chi connectivity index (χ0) is 13.8. The SMILES string of the molecule is CC(C)c1nn(C)c(NCCc2cccnc2)c1N. The van der Waals surface area contributed by atoms with E-state index in [1.54, 1.807) is 6.20 Å². The highest BCUT2D eigenvalue weighted by Gasteiger charge is 2.15. The normalized spacial score (nSPS) is 10.9. The summed E-state index contributed by atoms with van der Waals surface area (Å²) in [5.41, 5.74) is 9.04. The predicted molar refractivity (Wildman–Crippen MR) is 78.1 cm³/mol. The number of hydrogen-bond acceptors (Lipinski definition) is 4. The maximum atomic E-state index is 6.13. The lowest BCUT2D eigenvalue weighted by molar-refractivity contribution is 0.714. The molecule has 0 amide bonds. The van der Waals surface area contributed by atoms with E-state index in [4.69, 9.17) is 5.73 Å². The molecule has 5 heteroatoms. The van der Waals surface area contributed by atoms with Gasteiger partial charge in [-0.05, 0) is 24.0 Å². The lowest BCUT2D eigenvalue weighted by Gasteiger charge is -2.07. The van der Waals surface area contributed by atoms with Crippen molar-refractivity contribution in [3.8, 4) is 0 Å². The molecule has 0 radical (unpaired) electrons. The number of aryl methyl sites for hydroxylation is 1. The fourth-order valence-electron chi connectivity index (χ4n) is 2.07. The van der Waals surface area contributed by atoms with Gasteiger partial charge in [-0.3, -0.25) is 9.67 Å². The van der Waals surface area contributed by atoms with Crippen LogP contribution in [0.4, 0.5) is 11.5 Å². The van der Waals surface area contributed by atoms with Gasteiger partial charge in [0, 0.05) is 26.0 Å². The number of nitrogens with one attached hydrogen (secondary N) is 1. The fraction of sp³-hybridized carbons (Fsp3) is 0.429. The summed E-state index contributed by atoms with van der Waals surface area (Å²) in [6.45, 7) is 5.00. The van der Waals surface area contributed by atoms with E-state index in [0.29, 0.717) is 5.92 Å². The minimum Gasteiger partial charge on any atom is -0.394 e. The average Bonchev–Trinajstić information content (AvgIpc) is 2.68. The Morgan fingerprint density at radius 1 is 1.42 bits per heavy atom. The Morgan fingerprint density at radius 3 is 2.79 bits per heavy atom. The van der Waals surface area contributed by atoms with Crippen LogP contribution in [0.15, 0.2) is 24.5 Å². The number of hydrogen-bond donors (Lipinski definition) is 2. The molecule has 19 heavy (non-hydrogen) atoms. The van der Waals surface area contributed by atoms with Gasteiger partial charge in [0.15, 0.2) is 0 Å². The third-order valence-electron chi connectivity index (χ3n) is 3.09. The van der Waals surface area contributed by atoms with E-state index in [-0.39, 0.29) is 0 Å². The average molecular weight is 259 g/mol. The number of nitrogens with zero attached hydrogens (tertiary/aromatic N) is 3. The Bertz CT molecular complexity index is 530. The summed E-state index contributed by atoms with van der Waals surface area (Å²) in [5, 5.41) is 7.80. The van der Waals surface area contributed by atoms with Crippen LogP contribution < -0.4 is 11.1 Å². The van der Waals surface area contributed by atoms with Crippen LogP contribution in [-0.4, -0.2) is 21.3 Å². The van der Waals surface area contributed by atoms with Gasteiger partial charge >= 0.3 is 0 Å². The first-order valence-electron chi connectivity index (χ1n) is 6.54. The van der Waals surface area contributed by atoms with Gasteiger partial charge < -0.3 is 11.1 Å². The van der Waals surface area contributed by atoms with Crippen molar-refractivity contribution in [1.82, 2.24) is 14.8 Å². The largest absolute Gasteiger partial charge is 0.394 e. The Kier molecular flexibility index (Phi) is 4.04. The van der Waals surface area contributed by atoms with Crippen molar-refractivity contribution >= 4 is 11.5 Å². The molecule has 0 bridgehead atoms. The molecule has 2 aromatic rings. The number of nitrogen functional groups attached to an aromatic ring is 1. The number of pyridine rings is 1. The van der Waals surface area contributed by atoms with Crippen LogP contribution in [0.1, 0.15) is 31.0 Å². The second-order valence-electron chi connectivity index (χ2n) is 4.96. The summed E-state index contributed by atoms with van der Waals surface area (Å²) in [5.74, 6) is 1.23. The second-order valence-corrected chi connectivity index (χ2v) is 4.96. The van der Waals surface area contributed by atoms with Crippen molar-refractivity contribution in [2.24, 2.45) is 7.05 Å². The van der Waals surface area contributed by atoms with Gasteiger partial charge in [-0.15, -0.1) is 0 Å². The lowest BCUT2D eigenvalue weighted by atomic mass is 10.1. The molecular weight excluding hydrogens is 238 g/mol. The molecule has 0 fully saturated rings. The van der Waals surface area contributed by atoms with Crippen LogP contribution in [0, 0.1) is 0 Å². The highest BCUT2D eigenvalue weighted by Crippen LogP contribution is 2.27. The van der Waals surface area contributed by atoms with E-state index in [9.17, 15) is 0 Å². The van der Waals surface area contributed by atoms with E-state index in [0.717, 1.165) is 30.2 Å². The van der Waals surface area contributed by atoms with Crippen molar-refractivity contribution in [2.45, 2.75) is 26.2 Å². The van der Waals surface area contributed by atoms with Crippen LogP contribution in [-0.2, 0) is 13.5 Å². The molecule has 0 spiro atoms. The molecule has 2 heterocycles. The van der Waals surface area contributed by atoms with Gasteiger partial charge in [0.1, 0.15) is 5.82 Å². The van der Waals surface area contributed by atoms with Crippen LogP contribution in [0.2, 0.25) is 0 Å². The zero-order valence-electron chi connectivity index (χ0n) is 11.7. The molecular formula is C14H21N5. The minimum atomic E-state index is 0.333. The maximum Gasteiger partial charge on any atom is 0.147 e. The van der Waals surface area contributed by atoms with Gasteiger partial charge in [-0.2, -0.15) is 5.10 Å². The van der Waals surface area contributed by atoms with Gasteiger partial charge in [-0.25, -0.2) is 0 Å². The molecule has 0 aliphatic heterocycles. The third kappa shape index (κ3) is 3.05. The van der Waals surface area contributed by atoms with E-state index in [2.05, 4.69) is 35.3 Å². The first-order chi connectivity index (χ1) is 9.09. The van der Waals surface area contributed by atoms with Crippen molar-refractivity contribution in [3.05, 3.63) is 35.8 Å². The summed E-state index contributed by atoms with van der Waals surface area (Å²) in [4.78, 5) is 4.10. The molecule has 3 N–H and O–H groups in total. The smallest absolute Gasteiger partial charge is 0.147 e. The van der Waals surface area contributed by atoms with Gasteiger partial charge in [0.05, 0.1) is 11.4 Å². The van der Waals surface area contributed by atoms with Crippen molar-refractivity contribution in [1.29, 1.82) is 0 Å². The first kappa shape index (κ1) is 13.4. The van der Waals surface area contributed by atoms with E-state index >= 15 is 0 Å². The molecule has 102 valence electrons. The number of anilines is 2. The highest BCUT2D eigenvalue weighted by atomic mass is 15.3. The summed E-state index contributed by atoms with van der Waals surface area (Å²) in [7, 11) is 1.91. The predicted octanol–water partition coefficient (Wildman–Crippen LogP) is 2.18. The summed E-state index contributed by atoms with van der Waals surface area (Å²) in [6.07, 6.45) is 4.58. The summed E-state index contributed by atoms with van der Waals surface area (Å²) in [6, 6.07) is 4.02. The molecule has 0 aromatic carbocycles. The van der Waals surface area contributed by atoms with E-state index in [1.165, 1.54) is 5.56 Å². The number of rotatable bonds is 5. The van der Waals surface area contributed by atoms with Crippen LogP contribution >= 0.6 is 0 Å². The van der Waals surface area contributed by atoms with Gasteiger partial charge in [0.25, 0.3) is 0 Å². The number of nitrogens with two attached hydrogens (primary N) is 1. The van der Waals surface area contributed by atoms with Crippen molar-refractivity contribution in [2.75, 3.05) is 17.6 Å². The molecule has 5 nitrogen and oxygen atoms in total. The molecule has 0 aliphatic carbocycles. The topological polar surface area (TPSA) is 68.8 Å². The molecule has 2 rings (SSSR count). The van der Waals surface area contributed by atoms with Crippen LogP contribution in [0.25, 0.3) is 0 Å². The molecule has 0 atom stereocenters. The molecule has 0 saturated heterocycles. The lowest BCUT2D eigenvalue weighted by Crippen LogP contribution is -2.10. The summed E-state index contributed by atoms with van der Waals surface area (Å²) >= 11 is 0. The summed E-state index contributed by atoms with van der Waals surface area (Å²) < 4.78 is 1.81. The van der Waals surface area contributed by atoms with Gasteiger partial charge in [-0.1, -0.05) is 19.9 Å². The first-order valence-corrected chi connectivity index (χ1v) is 6.54. The second kappa shape index (κ2) is 5.73. The zero-order valence-corrected chi connectivity index (χ0v) is 11.7. The van der Waals surface area contributed by atoms with Gasteiger partial charge in [0.2, 0.25) is 0 Å². The van der Waals surface area contributed by atoms with Crippen LogP contribution in [0.3, 0.4) is 0 Å². The fourth-order valence-corrected chi connectivity index (χ4v) is 2.07. The van der Waals surface area contributed by atoms with Crippen LogP contribution in [0.5, 0.6) is 0 Å². The molecule has 0 unspecified atom stereocenters. The highest BCUT2D eigenvalue weighted by molar-refractivity contribution is 5.65. The Morgan fingerprint density at radius 2 is 2.21 bits per heavy atom. The van der Waals surface area contributed by atoms with Crippen molar-refractivity contribution < 1.29 is 0 Å². The molecule has 2 aromatic heterocycles. The number of aromatic nitrogens is 3. The van der Waals surface area contributed by atoms with Crippen molar-refractivity contribution in [3.63, 3.8) is 0 Å². The van der Waals surface area contributed by atoms with E-state index in [1.807, 2.05) is 24.0 Å². The maximum absolute atomic E-state index is 6.13. The Labute approximate surface area is 113 Å². The third-order valence-corrected chi connectivity index (χ3v) is 3.09. The molecule has 0 aliphatic rings. The Hall–Kier alpha value is -2.04.